The second-order valence-corrected chi connectivity index (χ2v) is 6.75. The van der Waals surface area contributed by atoms with E-state index >= 15 is 0 Å². The molecule has 1 aliphatic heterocycles. The quantitative estimate of drug-likeness (QED) is 0.531. The lowest BCUT2D eigenvalue weighted by molar-refractivity contribution is -0.193. The molecule has 1 aromatic carbocycles. The Hall–Kier alpha value is -1.59. The summed E-state index contributed by atoms with van der Waals surface area (Å²) in [5.41, 5.74) is -0.440. The molecule has 3 unspecified atom stereocenters. The van der Waals surface area contributed by atoms with Gasteiger partial charge in [0.25, 0.3) is 0 Å². The molecular formula is C20H29ClO5. The van der Waals surface area contributed by atoms with Crippen LogP contribution in [0.2, 0.25) is 0 Å². The van der Waals surface area contributed by atoms with Crippen LogP contribution in [0.1, 0.15) is 58.9 Å². The molecular weight excluding hydrogens is 356 g/mol. The highest BCUT2D eigenvalue weighted by molar-refractivity contribution is 6.29. The summed E-state index contributed by atoms with van der Waals surface area (Å²) in [6.45, 7) is 7.80. The van der Waals surface area contributed by atoms with Crippen LogP contribution in [0.15, 0.2) is 30.3 Å². The number of rotatable bonds is 6. The number of benzene rings is 1. The van der Waals surface area contributed by atoms with E-state index in [9.17, 15) is 9.59 Å². The fraction of sp³-hybridized carbons (Fsp3) is 0.600. The summed E-state index contributed by atoms with van der Waals surface area (Å²) < 4.78 is 16.3. The van der Waals surface area contributed by atoms with Crippen LogP contribution < -0.4 is 0 Å². The van der Waals surface area contributed by atoms with Crippen molar-refractivity contribution >= 4 is 23.5 Å². The molecule has 0 bridgehead atoms. The summed E-state index contributed by atoms with van der Waals surface area (Å²) in [7, 11) is 0. The van der Waals surface area contributed by atoms with Crippen LogP contribution in [0, 0.1) is 0 Å². The molecule has 1 aliphatic rings. The molecule has 1 heterocycles. The molecule has 0 saturated carbocycles. The Kier molecular flexibility index (Phi) is 9.66. The van der Waals surface area contributed by atoms with Crippen LogP contribution in [0.3, 0.4) is 0 Å². The molecule has 1 fully saturated rings. The van der Waals surface area contributed by atoms with E-state index in [1.165, 1.54) is 6.92 Å². The van der Waals surface area contributed by atoms with Crippen molar-refractivity contribution in [1.82, 2.24) is 0 Å². The number of hydrogen-bond acceptors (Lipinski definition) is 5. The third kappa shape index (κ3) is 6.96. The highest BCUT2D eigenvalue weighted by atomic mass is 35.5. The van der Waals surface area contributed by atoms with Gasteiger partial charge in [-0.1, -0.05) is 44.2 Å². The predicted octanol–water partition coefficient (Wildman–Crippen LogP) is 4.56. The first-order chi connectivity index (χ1) is 12.4. The van der Waals surface area contributed by atoms with Gasteiger partial charge >= 0.3 is 11.9 Å². The van der Waals surface area contributed by atoms with Gasteiger partial charge in [-0.15, -0.1) is 11.6 Å². The minimum atomic E-state index is -1.15. The van der Waals surface area contributed by atoms with Crippen molar-refractivity contribution in [3.8, 4) is 0 Å². The number of ether oxygens (including phenoxy) is 3. The standard InChI is InChI=1S/C18H23ClO5.C2H6/c1-13(19)17(21)24-18(2,14-8-4-3-5-9-14)12-15(20)23-16-10-6-7-11-22-16;1-2/h3-5,8-9,13,16H,6-7,10-12H2,1-2H3;1-2H3. The van der Waals surface area contributed by atoms with Crippen molar-refractivity contribution < 1.29 is 23.8 Å². The monoisotopic (exact) mass is 384 g/mol. The number of halogens is 1. The van der Waals surface area contributed by atoms with Gasteiger partial charge in [0.1, 0.15) is 11.0 Å². The maximum atomic E-state index is 12.3. The average Bonchev–Trinajstić information content (AvgIpc) is 2.64. The van der Waals surface area contributed by atoms with Crippen LogP contribution >= 0.6 is 11.6 Å². The van der Waals surface area contributed by atoms with Gasteiger partial charge in [0.05, 0.1) is 13.0 Å². The Morgan fingerprint density at radius 2 is 1.92 bits per heavy atom. The van der Waals surface area contributed by atoms with Crippen LogP contribution in [0.25, 0.3) is 0 Å². The van der Waals surface area contributed by atoms with E-state index in [0.29, 0.717) is 18.6 Å². The Morgan fingerprint density at radius 1 is 1.27 bits per heavy atom. The van der Waals surface area contributed by atoms with Gasteiger partial charge in [0.2, 0.25) is 6.29 Å². The smallest absolute Gasteiger partial charge is 0.324 e. The van der Waals surface area contributed by atoms with Gasteiger partial charge in [0, 0.05) is 6.42 Å². The van der Waals surface area contributed by atoms with E-state index < -0.39 is 29.2 Å². The highest BCUT2D eigenvalue weighted by Crippen LogP contribution is 2.31. The Morgan fingerprint density at radius 3 is 2.46 bits per heavy atom. The van der Waals surface area contributed by atoms with E-state index in [1.807, 2.05) is 32.0 Å². The van der Waals surface area contributed by atoms with Crippen LogP contribution in [0.5, 0.6) is 0 Å². The first-order valence-electron chi connectivity index (χ1n) is 9.14. The Labute approximate surface area is 161 Å². The molecule has 0 spiro atoms. The van der Waals surface area contributed by atoms with Crippen LogP contribution in [-0.2, 0) is 29.4 Å². The predicted molar refractivity (Wildman–Crippen MR) is 101 cm³/mol. The second-order valence-electron chi connectivity index (χ2n) is 6.10. The zero-order chi connectivity index (χ0) is 19.6. The molecule has 26 heavy (non-hydrogen) atoms. The number of alkyl halides is 1. The van der Waals surface area contributed by atoms with Gasteiger partial charge in [-0.2, -0.15) is 0 Å². The molecule has 6 heteroatoms. The molecule has 0 aliphatic carbocycles. The van der Waals surface area contributed by atoms with Gasteiger partial charge < -0.3 is 14.2 Å². The Balaban J connectivity index is 0.00000163. The van der Waals surface area contributed by atoms with Crippen molar-refractivity contribution in [3.63, 3.8) is 0 Å². The van der Waals surface area contributed by atoms with E-state index in [2.05, 4.69) is 0 Å². The zero-order valence-electron chi connectivity index (χ0n) is 16.0. The summed E-state index contributed by atoms with van der Waals surface area (Å²) in [6, 6.07) is 9.10. The minimum Gasteiger partial charge on any atom is -0.453 e. The van der Waals surface area contributed by atoms with Crippen molar-refractivity contribution in [1.29, 1.82) is 0 Å². The molecule has 3 atom stereocenters. The summed E-state index contributed by atoms with van der Waals surface area (Å²) in [6.07, 6.45) is 2.00. The third-order valence-corrected chi connectivity index (χ3v) is 4.10. The Bertz CT molecular complexity index is 555. The molecule has 0 amide bonds. The molecule has 2 rings (SSSR count). The second kappa shape index (κ2) is 11.2. The maximum absolute atomic E-state index is 12.3. The topological polar surface area (TPSA) is 61.8 Å². The van der Waals surface area contributed by atoms with E-state index in [0.717, 1.165) is 12.8 Å². The number of hydrogen-bond donors (Lipinski definition) is 0. The molecule has 1 saturated heterocycles. The number of carbonyl (C=O) groups excluding carboxylic acids is 2. The van der Waals surface area contributed by atoms with Crippen molar-refractivity contribution in [3.05, 3.63) is 35.9 Å². The molecule has 5 nitrogen and oxygen atoms in total. The molecule has 0 radical (unpaired) electrons. The summed E-state index contributed by atoms with van der Waals surface area (Å²) in [5, 5.41) is -0.800. The highest BCUT2D eigenvalue weighted by Gasteiger charge is 2.36. The molecule has 1 aromatic rings. The molecule has 146 valence electrons. The first-order valence-corrected chi connectivity index (χ1v) is 9.58. The number of esters is 2. The average molecular weight is 385 g/mol. The summed E-state index contributed by atoms with van der Waals surface area (Å²) >= 11 is 5.80. The molecule has 0 N–H and O–H groups in total. The fourth-order valence-electron chi connectivity index (χ4n) is 2.56. The van der Waals surface area contributed by atoms with Crippen molar-refractivity contribution in [2.75, 3.05) is 6.61 Å². The lowest BCUT2D eigenvalue weighted by Gasteiger charge is -2.31. The van der Waals surface area contributed by atoms with Crippen molar-refractivity contribution in [2.24, 2.45) is 0 Å². The number of carbonyl (C=O) groups is 2. The molecule has 0 aromatic heterocycles. The maximum Gasteiger partial charge on any atom is 0.324 e. The van der Waals surface area contributed by atoms with Gasteiger partial charge in [-0.25, -0.2) is 0 Å². The van der Waals surface area contributed by atoms with E-state index in [1.54, 1.807) is 19.1 Å². The fourth-order valence-corrected chi connectivity index (χ4v) is 2.60. The van der Waals surface area contributed by atoms with Gasteiger partial charge in [-0.05, 0) is 32.3 Å². The van der Waals surface area contributed by atoms with Crippen LogP contribution in [0.4, 0.5) is 0 Å². The first kappa shape index (κ1) is 22.5. The summed E-state index contributed by atoms with van der Waals surface area (Å²) in [5.74, 6) is -1.05. The largest absolute Gasteiger partial charge is 0.453 e. The lowest BCUT2D eigenvalue weighted by Crippen LogP contribution is -2.36. The van der Waals surface area contributed by atoms with E-state index in [-0.39, 0.29) is 6.42 Å². The van der Waals surface area contributed by atoms with Crippen LogP contribution in [-0.4, -0.2) is 30.2 Å². The van der Waals surface area contributed by atoms with Crippen molar-refractivity contribution in [2.45, 2.75) is 70.6 Å². The summed E-state index contributed by atoms with van der Waals surface area (Å²) in [4.78, 5) is 24.3. The lowest BCUT2D eigenvalue weighted by atomic mass is 9.92. The third-order valence-electron chi connectivity index (χ3n) is 3.92. The van der Waals surface area contributed by atoms with E-state index in [4.69, 9.17) is 25.8 Å². The minimum absolute atomic E-state index is 0.105. The zero-order valence-corrected chi connectivity index (χ0v) is 16.8. The normalized spacial score (nSPS) is 20.0. The SMILES string of the molecule is CC.CC(Cl)C(=O)OC(C)(CC(=O)OC1CCCCO1)c1ccccc1. The van der Waals surface area contributed by atoms with Gasteiger partial charge in [0.15, 0.2) is 0 Å². The van der Waals surface area contributed by atoms with Gasteiger partial charge in [-0.3, -0.25) is 9.59 Å².